The Morgan fingerprint density at radius 2 is 2.00 bits per heavy atom. The van der Waals surface area contributed by atoms with Gasteiger partial charge in [0.15, 0.2) is 0 Å². The summed E-state index contributed by atoms with van der Waals surface area (Å²) in [7, 11) is 0. The molecule has 1 heterocycles. The lowest BCUT2D eigenvalue weighted by Crippen LogP contribution is -2.23. The van der Waals surface area contributed by atoms with Crippen molar-refractivity contribution >= 4 is 28.5 Å². The molecule has 0 aliphatic carbocycles. The number of carbonyl (C=O) groups excluding carboxylic acids is 1. The Morgan fingerprint density at radius 1 is 1.26 bits per heavy atom. The van der Waals surface area contributed by atoms with Crippen LogP contribution >= 0.6 is 22.6 Å². The first-order chi connectivity index (χ1) is 9.20. The fourth-order valence-corrected chi connectivity index (χ4v) is 2.18. The van der Waals surface area contributed by atoms with Crippen LogP contribution in [0, 0.1) is 3.57 Å². The van der Waals surface area contributed by atoms with Gasteiger partial charge >= 0.3 is 0 Å². The molecule has 0 spiro atoms. The highest BCUT2D eigenvalue weighted by Crippen LogP contribution is 2.08. The maximum Gasteiger partial charge on any atom is 0.251 e. The first kappa shape index (κ1) is 14.0. The number of benzene rings is 1. The van der Waals surface area contributed by atoms with Gasteiger partial charge in [0, 0.05) is 15.3 Å². The van der Waals surface area contributed by atoms with E-state index < -0.39 is 0 Å². The molecule has 0 saturated heterocycles. The molecular formula is C15H15IN2O. The Bertz CT molecular complexity index is 567. The summed E-state index contributed by atoms with van der Waals surface area (Å²) in [6, 6.07) is 11.5. The fourth-order valence-electron chi connectivity index (χ4n) is 1.82. The number of amides is 1. The molecule has 19 heavy (non-hydrogen) atoms. The molecule has 0 bridgehead atoms. The Balaban J connectivity index is 2.02. The second-order valence-corrected chi connectivity index (χ2v) is 5.40. The van der Waals surface area contributed by atoms with Crippen molar-refractivity contribution in [2.24, 2.45) is 0 Å². The van der Waals surface area contributed by atoms with E-state index in [2.05, 4.69) is 39.8 Å². The summed E-state index contributed by atoms with van der Waals surface area (Å²) in [6.45, 7) is 2.55. The highest BCUT2D eigenvalue weighted by atomic mass is 127. The number of pyridine rings is 1. The third kappa shape index (κ3) is 3.76. The highest BCUT2D eigenvalue weighted by molar-refractivity contribution is 14.1. The van der Waals surface area contributed by atoms with E-state index in [1.807, 2.05) is 36.4 Å². The summed E-state index contributed by atoms with van der Waals surface area (Å²) in [6.07, 6.45) is 2.67. The quantitative estimate of drug-likeness (QED) is 0.845. The lowest BCUT2D eigenvalue weighted by atomic mass is 10.1. The van der Waals surface area contributed by atoms with Crippen LogP contribution < -0.4 is 5.32 Å². The van der Waals surface area contributed by atoms with Crippen molar-refractivity contribution in [2.45, 2.75) is 19.9 Å². The summed E-state index contributed by atoms with van der Waals surface area (Å²) in [5.74, 6) is -0.0656. The van der Waals surface area contributed by atoms with Crippen LogP contribution in [0.25, 0.3) is 0 Å². The van der Waals surface area contributed by atoms with E-state index >= 15 is 0 Å². The van der Waals surface area contributed by atoms with Crippen LogP contribution in [0.4, 0.5) is 0 Å². The summed E-state index contributed by atoms with van der Waals surface area (Å²) in [5, 5.41) is 2.91. The second kappa shape index (κ2) is 6.65. The number of aromatic nitrogens is 1. The predicted molar refractivity (Wildman–Crippen MR) is 83.9 cm³/mol. The van der Waals surface area contributed by atoms with Crippen LogP contribution in [0.2, 0.25) is 0 Å². The van der Waals surface area contributed by atoms with E-state index in [-0.39, 0.29) is 5.91 Å². The van der Waals surface area contributed by atoms with Crippen LogP contribution in [-0.4, -0.2) is 10.9 Å². The van der Waals surface area contributed by atoms with Gasteiger partial charge in [0.05, 0.1) is 12.2 Å². The van der Waals surface area contributed by atoms with Crippen LogP contribution in [0.1, 0.15) is 28.5 Å². The first-order valence-corrected chi connectivity index (χ1v) is 7.25. The van der Waals surface area contributed by atoms with Crippen molar-refractivity contribution in [3.05, 3.63) is 63.0 Å². The maximum atomic E-state index is 12.0. The summed E-state index contributed by atoms with van der Waals surface area (Å²) in [5.41, 5.74) is 2.78. The second-order valence-electron chi connectivity index (χ2n) is 4.15. The molecule has 2 aromatic rings. The predicted octanol–water partition coefficient (Wildman–Crippen LogP) is 3.18. The van der Waals surface area contributed by atoms with Gasteiger partial charge in [-0.05, 0) is 64.9 Å². The van der Waals surface area contributed by atoms with E-state index in [1.165, 1.54) is 5.56 Å². The number of aryl methyl sites for hydroxylation is 1. The van der Waals surface area contributed by atoms with Crippen LogP contribution in [0.3, 0.4) is 0 Å². The molecule has 1 aromatic heterocycles. The topological polar surface area (TPSA) is 42.0 Å². The SMILES string of the molecule is CCc1cccnc1CNC(=O)c1ccc(I)cc1. The van der Waals surface area contributed by atoms with E-state index in [0.29, 0.717) is 12.1 Å². The molecule has 0 radical (unpaired) electrons. The Labute approximate surface area is 126 Å². The minimum atomic E-state index is -0.0656. The van der Waals surface area contributed by atoms with Crippen molar-refractivity contribution in [1.82, 2.24) is 10.3 Å². The van der Waals surface area contributed by atoms with Gasteiger partial charge in [-0.25, -0.2) is 0 Å². The monoisotopic (exact) mass is 366 g/mol. The van der Waals surface area contributed by atoms with E-state index in [0.717, 1.165) is 15.7 Å². The Hall–Kier alpha value is -1.43. The van der Waals surface area contributed by atoms with E-state index in [4.69, 9.17) is 0 Å². The standard InChI is InChI=1S/C15H15IN2O/c1-2-11-4-3-9-17-14(11)10-18-15(19)12-5-7-13(16)8-6-12/h3-9H,2,10H2,1H3,(H,18,19). The molecule has 0 saturated carbocycles. The number of halogens is 1. The number of carbonyl (C=O) groups is 1. The van der Waals surface area contributed by atoms with Crippen molar-refractivity contribution in [3.8, 4) is 0 Å². The lowest BCUT2D eigenvalue weighted by molar-refractivity contribution is 0.0950. The largest absolute Gasteiger partial charge is 0.346 e. The lowest BCUT2D eigenvalue weighted by Gasteiger charge is -2.08. The molecule has 0 fully saturated rings. The third-order valence-corrected chi connectivity index (χ3v) is 3.61. The summed E-state index contributed by atoms with van der Waals surface area (Å²) < 4.78 is 1.12. The molecular weight excluding hydrogens is 351 g/mol. The van der Waals surface area contributed by atoms with E-state index in [9.17, 15) is 4.79 Å². The van der Waals surface area contributed by atoms with Crippen LogP contribution in [0.15, 0.2) is 42.6 Å². The number of nitrogens with one attached hydrogen (secondary N) is 1. The van der Waals surface area contributed by atoms with Gasteiger partial charge in [-0.1, -0.05) is 13.0 Å². The molecule has 1 amide bonds. The van der Waals surface area contributed by atoms with Gasteiger partial charge in [0.2, 0.25) is 0 Å². The van der Waals surface area contributed by atoms with Crippen molar-refractivity contribution < 1.29 is 4.79 Å². The van der Waals surface area contributed by atoms with Gasteiger partial charge in [0.1, 0.15) is 0 Å². The molecule has 4 heteroatoms. The molecule has 0 aliphatic rings. The van der Waals surface area contributed by atoms with Crippen molar-refractivity contribution in [1.29, 1.82) is 0 Å². The number of nitrogens with zero attached hydrogens (tertiary/aromatic N) is 1. The van der Waals surface area contributed by atoms with Crippen molar-refractivity contribution in [3.63, 3.8) is 0 Å². The first-order valence-electron chi connectivity index (χ1n) is 6.17. The molecule has 98 valence electrons. The number of rotatable bonds is 4. The van der Waals surface area contributed by atoms with Gasteiger partial charge in [-0.15, -0.1) is 0 Å². The summed E-state index contributed by atoms with van der Waals surface area (Å²) in [4.78, 5) is 16.3. The molecule has 0 unspecified atom stereocenters. The molecule has 1 aromatic carbocycles. The molecule has 0 atom stereocenters. The van der Waals surface area contributed by atoms with Gasteiger partial charge in [-0.3, -0.25) is 9.78 Å². The summed E-state index contributed by atoms with van der Waals surface area (Å²) >= 11 is 2.22. The minimum absolute atomic E-state index is 0.0656. The van der Waals surface area contributed by atoms with Crippen molar-refractivity contribution in [2.75, 3.05) is 0 Å². The third-order valence-electron chi connectivity index (χ3n) is 2.89. The zero-order valence-electron chi connectivity index (χ0n) is 10.7. The zero-order chi connectivity index (χ0) is 13.7. The highest BCUT2D eigenvalue weighted by Gasteiger charge is 2.07. The van der Waals surface area contributed by atoms with Gasteiger partial charge < -0.3 is 5.32 Å². The molecule has 2 rings (SSSR count). The zero-order valence-corrected chi connectivity index (χ0v) is 12.8. The molecule has 0 aliphatic heterocycles. The number of hydrogen-bond donors (Lipinski definition) is 1. The Morgan fingerprint density at radius 3 is 2.68 bits per heavy atom. The van der Waals surface area contributed by atoms with Crippen LogP contribution in [0.5, 0.6) is 0 Å². The van der Waals surface area contributed by atoms with Gasteiger partial charge in [-0.2, -0.15) is 0 Å². The molecule has 3 nitrogen and oxygen atoms in total. The Kier molecular flexibility index (Phi) is 4.90. The number of hydrogen-bond acceptors (Lipinski definition) is 2. The average molecular weight is 366 g/mol. The normalized spacial score (nSPS) is 10.2. The minimum Gasteiger partial charge on any atom is -0.346 e. The van der Waals surface area contributed by atoms with Gasteiger partial charge in [0.25, 0.3) is 5.91 Å². The van der Waals surface area contributed by atoms with E-state index in [1.54, 1.807) is 6.20 Å². The fraction of sp³-hybridized carbons (Fsp3) is 0.200. The average Bonchev–Trinajstić information content (AvgIpc) is 2.45. The van der Waals surface area contributed by atoms with Crippen LogP contribution in [-0.2, 0) is 13.0 Å². The smallest absolute Gasteiger partial charge is 0.251 e. The molecule has 1 N–H and O–H groups in total. The maximum absolute atomic E-state index is 12.0.